The fourth-order valence-electron chi connectivity index (χ4n) is 2.84. The molecule has 0 saturated heterocycles. The highest BCUT2D eigenvalue weighted by Gasteiger charge is 2.19. The van der Waals surface area contributed by atoms with Crippen LogP contribution in [0.15, 0.2) is 18.2 Å². The van der Waals surface area contributed by atoms with Crippen LogP contribution in [0.25, 0.3) is 0 Å². The van der Waals surface area contributed by atoms with Gasteiger partial charge in [-0.15, -0.1) is 0 Å². The summed E-state index contributed by atoms with van der Waals surface area (Å²) in [7, 11) is 2.11. The molecular formula is C16H21Cl2NO. The van der Waals surface area contributed by atoms with Crippen LogP contribution in [-0.4, -0.2) is 30.3 Å². The SMILES string of the molecule is CN(CCC(=O)c1cccc(Cl)c1Cl)C1CCCCC1. The third-order valence-electron chi connectivity index (χ3n) is 4.14. The van der Waals surface area contributed by atoms with Crippen LogP contribution in [0.5, 0.6) is 0 Å². The molecule has 0 heterocycles. The molecular weight excluding hydrogens is 293 g/mol. The molecule has 2 nitrogen and oxygen atoms in total. The van der Waals surface area contributed by atoms with Gasteiger partial charge in [-0.2, -0.15) is 0 Å². The number of carbonyl (C=O) groups is 1. The quantitative estimate of drug-likeness (QED) is 0.726. The van der Waals surface area contributed by atoms with Gasteiger partial charge in [-0.05, 0) is 32.0 Å². The summed E-state index contributed by atoms with van der Waals surface area (Å²) in [6.45, 7) is 0.784. The van der Waals surface area contributed by atoms with Crippen molar-refractivity contribution in [1.29, 1.82) is 0 Å². The Hall–Kier alpha value is -0.570. The summed E-state index contributed by atoms with van der Waals surface area (Å²) < 4.78 is 0. The summed E-state index contributed by atoms with van der Waals surface area (Å²) >= 11 is 12.0. The van der Waals surface area contributed by atoms with Crippen molar-refractivity contribution in [3.63, 3.8) is 0 Å². The Bertz CT molecular complexity index is 470. The number of hydrogen-bond donors (Lipinski definition) is 0. The second-order valence-corrected chi connectivity index (χ2v) is 6.33. The molecule has 1 aromatic carbocycles. The van der Waals surface area contributed by atoms with Gasteiger partial charge in [0, 0.05) is 24.6 Å². The van der Waals surface area contributed by atoms with Crippen LogP contribution in [0, 0.1) is 0 Å². The fraction of sp³-hybridized carbons (Fsp3) is 0.562. The third-order valence-corrected chi connectivity index (χ3v) is 4.96. The predicted octanol–water partition coefficient (Wildman–Crippen LogP) is 4.83. The molecule has 20 heavy (non-hydrogen) atoms. The molecule has 0 bridgehead atoms. The zero-order valence-corrected chi connectivity index (χ0v) is 13.4. The fourth-order valence-corrected chi connectivity index (χ4v) is 3.24. The number of carbonyl (C=O) groups excluding carboxylic acids is 1. The van der Waals surface area contributed by atoms with Crippen molar-refractivity contribution in [3.8, 4) is 0 Å². The van der Waals surface area contributed by atoms with Crippen molar-refractivity contribution in [2.45, 2.75) is 44.6 Å². The number of halogens is 2. The Morgan fingerprint density at radius 2 is 1.95 bits per heavy atom. The summed E-state index contributed by atoms with van der Waals surface area (Å²) in [5.41, 5.74) is 0.538. The summed E-state index contributed by atoms with van der Waals surface area (Å²) in [5, 5.41) is 0.817. The number of benzene rings is 1. The van der Waals surface area contributed by atoms with E-state index in [1.165, 1.54) is 32.1 Å². The van der Waals surface area contributed by atoms with E-state index in [1.54, 1.807) is 18.2 Å². The number of ketones is 1. The van der Waals surface area contributed by atoms with Crippen LogP contribution < -0.4 is 0 Å². The van der Waals surface area contributed by atoms with Crippen LogP contribution in [0.1, 0.15) is 48.9 Å². The Balaban J connectivity index is 1.89. The molecule has 1 aromatic rings. The molecule has 1 aliphatic rings. The van der Waals surface area contributed by atoms with Crippen LogP contribution in [-0.2, 0) is 0 Å². The summed E-state index contributed by atoms with van der Waals surface area (Å²) in [6.07, 6.45) is 6.96. The van der Waals surface area contributed by atoms with Crippen LogP contribution >= 0.6 is 23.2 Å². The first-order valence-electron chi connectivity index (χ1n) is 7.27. The molecule has 0 unspecified atom stereocenters. The van der Waals surface area contributed by atoms with Gasteiger partial charge in [-0.25, -0.2) is 0 Å². The smallest absolute Gasteiger partial charge is 0.165 e. The van der Waals surface area contributed by atoms with E-state index in [1.807, 2.05) is 0 Å². The lowest BCUT2D eigenvalue weighted by Gasteiger charge is -2.31. The lowest BCUT2D eigenvalue weighted by atomic mass is 9.94. The second-order valence-electron chi connectivity index (χ2n) is 5.55. The zero-order chi connectivity index (χ0) is 14.5. The van der Waals surface area contributed by atoms with Gasteiger partial charge in [0.1, 0.15) is 0 Å². The number of rotatable bonds is 5. The molecule has 0 radical (unpaired) electrons. The highest BCUT2D eigenvalue weighted by atomic mass is 35.5. The number of Topliss-reactive ketones (excluding diaryl/α,β-unsaturated/α-hetero) is 1. The third kappa shape index (κ3) is 3.97. The van der Waals surface area contributed by atoms with Gasteiger partial charge in [0.2, 0.25) is 0 Å². The molecule has 0 N–H and O–H groups in total. The second kappa shape index (κ2) is 7.44. The average molecular weight is 314 g/mol. The van der Waals surface area contributed by atoms with Gasteiger partial charge in [-0.3, -0.25) is 4.79 Å². The Kier molecular flexibility index (Phi) is 5.88. The summed E-state index contributed by atoms with van der Waals surface area (Å²) in [6, 6.07) is 5.85. The molecule has 0 amide bonds. The molecule has 1 aliphatic carbocycles. The van der Waals surface area contributed by atoms with Crippen molar-refractivity contribution in [3.05, 3.63) is 33.8 Å². The summed E-state index contributed by atoms with van der Waals surface area (Å²) in [4.78, 5) is 14.6. The Labute approximate surface area is 131 Å². The minimum Gasteiger partial charge on any atom is -0.303 e. The van der Waals surface area contributed by atoms with Gasteiger partial charge in [0.15, 0.2) is 5.78 Å². The molecule has 110 valence electrons. The van der Waals surface area contributed by atoms with Crippen molar-refractivity contribution in [2.75, 3.05) is 13.6 Å². The maximum Gasteiger partial charge on any atom is 0.165 e. The monoisotopic (exact) mass is 313 g/mol. The van der Waals surface area contributed by atoms with E-state index in [2.05, 4.69) is 11.9 Å². The zero-order valence-electron chi connectivity index (χ0n) is 11.9. The van der Waals surface area contributed by atoms with E-state index in [9.17, 15) is 4.79 Å². The van der Waals surface area contributed by atoms with E-state index in [0.717, 1.165) is 6.54 Å². The van der Waals surface area contributed by atoms with E-state index >= 15 is 0 Å². The molecule has 1 saturated carbocycles. The molecule has 0 spiro atoms. The summed E-state index contributed by atoms with van der Waals surface area (Å²) in [5.74, 6) is 0.0696. The minimum atomic E-state index is 0.0696. The standard InChI is InChI=1S/C16H21Cl2NO/c1-19(12-6-3-2-4-7-12)11-10-15(20)13-8-5-9-14(17)16(13)18/h5,8-9,12H,2-4,6-7,10-11H2,1H3. The van der Waals surface area contributed by atoms with E-state index in [4.69, 9.17) is 23.2 Å². The highest BCUT2D eigenvalue weighted by Crippen LogP contribution is 2.27. The van der Waals surface area contributed by atoms with Gasteiger partial charge in [-0.1, -0.05) is 48.5 Å². The van der Waals surface area contributed by atoms with Crippen molar-refractivity contribution in [1.82, 2.24) is 4.90 Å². The average Bonchev–Trinajstić information content (AvgIpc) is 2.48. The first kappa shape index (κ1) is 15.8. The largest absolute Gasteiger partial charge is 0.303 e. The predicted molar refractivity (Wildman–Crippen MR) is 84.9 cm³/mol. The van der Waals surface area contributed by atoms with Crippen molar-refractivity contribution in [2.24, 2.45) is 0 Å². The minimum absolute atomic E-state index is 0.0696. The maximum atomic E-state index is 12.2. The van der Waals surface area contributed by atoms with Crippen molar-refractivity contribution < 1.29 is 4.79 Å². The lowest BCUT2D eigenvalue weighted by molar-refractivity contribution is 0.0952. The van der Waals surface area contributed by atoms with Crippen molar-refractivity contribution >= 4 is 29.0 Å². The first-order chi connectivity index (χ1) is 9.59. The van der Waals surface area contributed by atoms with E-state index in [0.29, 0.717) is 28.1 Å². The molecule has 0 atom stereocenters. The topological polar surface area (TPSA) is 20.3 Å². The van der Waals surface area contributed by atoms with Crippen LogP contribution in [0.2, 0.25) is 10.0 Å². The van der Waals surface area contributed by atoms with Gasteiger partial charge < -0.3 is 4.90 Å². The first-order valence-corrected chi connectivity index (χ1v) is 8.02. The van der Waals surface area contributed by atoms with Gasteiger partial charge in [0.05, 0.1) is 10.0 Å². The number of nitrogens with zero attached hydrogens (tertiary/aromatic N) is 1. The van der Waals surface area contributed by atoms with Gasteiger partial charge >= 0.3 is 0 Å². The van der Waals surface area contributed by atoms with E-state index < -0.39 is 0 Å². The van der Waals surface area contributed by atoms with E-state index in [-0.39, 0.29) is 5.78 Å². The molecule has 1 fully saturated rings. The Morgan fingerprint density at radius 3 is 2.65 bits per heavy atom. The maximum absolute atomic E-state index is 12.2. The molecule has 0 aliphatic heterocycles. The highest BCUT2D eigenvalue weighted by molar-refractivity contribution is 6.43. The number of hydrogen-bond acceptors (Lipinski definition) is 2. The lowest BCUT2D eigenvalue weighted by Crippen LogP contribution is -2.34. The van der Waals surface area contributed by atoms with Gasteiger partial charge in [0.25, 0.3) is 0 Å². The van der Waals surface area contributed by atoms with Crippen LogP contribution in [0.4, 0.5) is 0 Å². The molecule has 4 heteroatoms. The molecule has 2 rings (SSSR count). The molecule has 0 aromatic heterocycles. The normalized spacial score (nSPS) is 16.6. The Morgan fingerprint density at radius 1 is 1.25 bits per heavy atom. The van der Waals surface area contributed by atoms with Crippen LogP contribution in [0.3, 0.4) is 0 Å².